The summed E-state index contributed by atoms with van der Waals surface area (Å²) < 4.78 is 5.64. The molecular weight excluding hydrogens is 306 g/mol. The van der Waals surface area contributed by atoms with Crippen LogP contribution in [0.4, 0.5) is 0 Å². The number of rotatable bonds is 7. The summed E-state index contributed by atoms with van der Waals surface area (Å²) in [5.74, 6) is -0.107. The number of para-hydroxylation sites is 1. The smallest absolute Gasteiger partial charge is 0.354 e. The number of ether oxygens (including phenoxy) is 1. The second kappa shape index (κ2) is 7.38. The molecule has 2 N–H and O–H groups in total. The van der Waals surface area contributed by atoms with Crippen molar-refractivity contribution in [3.8, 4) is 11.5 Å². The fraction of sp³-hybridized carbons (Fsp3) is 0.0625. The first-order valence-corrected chi connectivity index (χ1v) is 6.75. The van der Waals surface area contributed by atoms with Crippen LogP contribution in [0.1, 0.15) is 5.56 Å². The van der Waals surface area contributed by atoms with E-state index in [-0.39, 0.29) is 12.3 Å². The fourth-order valence-electron chi connectivity index (χ4n) is 1.60. The van der Waals surface area contributed by atoms with Crippen LogP contribution in [-0.2, 0) is 11.4 Å². The minimum atomic E-state index is -1.19. The molecule has 0 saturated heterocycles. The van der Waals surface area contributed by atoms with Crippen molar-refractivity contribution in [3.05, 3.63) is 71.4 Å². The van der Waals surface area contributed by atoms with Gasteiger partial charge in [-0.1, -0.05) is 42.4 Å². The van der Waals surface area contributed by atoms with E-state index in [1.807, 2.05) is 12.1 Å². The second-order valence-electron chi connectivity index (χ2n) is 4.34. The highest BCUT2D eigenvalue weighted by atomic mass is 35.5. The zero-order chi connectivity index (χ0) is 15.9. The number of benzene rings is 2. The van der Waals surface area contributed by atoms with Crippen LogP contribution in [0.3, 0.4) is 0 Å². The van der Waals surface area contributed by atoms with Crippen molar-refractivity contribution in [3.63, 3.8) is 0 Å². The van der Waals surface area contributed by atoms with Crippen LogP contribution in [0.15, 0.2) is 60.8 Å². The molecule has 0 radical (unpaired) electrons. The summed E-state index contributed by atoms with van der Waals surface area (Å²) in [5, 5.41) is 9.31. The predicted molar refractivity (Wildman–Crippen MR) is 82.8 cm³/mol. The first-order chi connectivity index (χ1) is 10.6. The fourth-order valence-corrected chi connectivity index (χ4v) is 1.78. The van der Waals surface area contributed by atoms with E-state index in [0.29, 0.717) is 16.5 Å². The van der Waals surface area contributed by atoms with E-state index >= 15 is 0 Å². The Morgan fingerprint density at radius 1 is 1.23 bits per heavy atom. The molecule has 5 nitrogen and oxygen atoms in total. The van der Waals surface area contributed by atoms with Gasteiger partial charge in [0.2, 0.25) is 0 Å². The number of nitrogens with one attached hydrogen (secondary N) is 1. The van der Waals surface area contributed by atoms with Crippen molar-refractivity contribution < 1.29 is 19.5 Å². The van der Waals surface area contributed by atoms with E-state index in [1.165, 1.54) is 0 Å². The van der Waals surface area contributed by atoms with Crippen LogP contribution in [-0.4, -0.2) is 11.1 Å². The molecule has 22 heavy (non-hydrogen) atoms. The van der Waals surface area contributed by atoms with Gasteiger partial charge in [-0.2, -0.15) is 0 Å². The van der Waals surface area contributed by atoms with Gasteiger partial charge in [0.1, 0.15) is 18.1 Å². The van der Waals surface area contributed by atoms with E-state index in [4.69, 9.17) is 26.3 Å². The molecular formula is C16H14ClNO4. The molecule has 6 heteroatoms. The Balaban J connectivity index is 2.02. The summed E-state index contributed by atoms with van der Waals surface area (Å²) in [6.07, 6.45) is 0. The SMILES string of the molecule is C=C(NOc1ccccc1COc1cccc(Cl)c1)C(=O)O. The van der Waals surface area contributed by atoms with Crippen LogP contribution in [0.25, 0.3) is 0 Å². The average molecular weight is 320 g/mol. The molecule has 0 heterocycles. The lowest BCUT2D eigenvalue weighted by Crippen LogP contribution is -2.23. The van der Waals surface area contributed by atoms with Crippen molar-refractivity contribution >= 4 is 17.6 Å². The normalized spacial score (nSPS) is 9.86. The zero-order valence-corrected chi connectivity index (χ0v) is 12.3. The largest absolute Gasteiger partial charge is 0.489 e. The summed E-state index contributed by atoms with van der Waals surface area (Å²) >= 11 is 5.89. The standard InChI is InChI=1S/C16H14ClNO4/c1-11(16(19)20)18-22-15-8-3-2-5-12(15)10-21-14-7-4-6-13(17)9-14/h2-9,18H,1,10H2,(H,19,20). The first kappa shape index (κ1) is 15.7. The average Bonchev–Trinajstić information content (AvgIpc) is 2.51. The molecule has 0 atom stereocenters. The molecule has 0 aliphatic rings. The minimum absolute atomic E-state index is 0.248. The maximum Gasteiger partial charge on any atom is 0.354 e. The zero-order valence-electron chi connectivity index (χ0n) is 11.6. The summed E-state index contributed by atoms with van der Waals surface area (Å²) in [6.45, 7) is 3.57. The first-order valence-electron chi connectivity index (χ1n) is 6.37. The van der Waals surface area contributed by atoms with Gasteiger partial charge in [-0.3, -0.25) is 0 Å². The van der Waals surface area contributed by atoms with Gasteiger partial charge in [-0.25, -0.2) is 10.3 Å². The van der Waals surface area contributed by atoms with Crippen molar-refractivity contribution in [1.29, 1.82) is 0 Å². The lowest BCUT2D eigenvalue weighted by atomic mass is 10.2. The van der Waals surface area contributed by atoms with Gasteiger partial charge in [-0.15, -0.1) is 0 Å². The maximum atomic E-state index is 10.7. The lowest BCUT2D eigenvalue weighted by Gasteiger charge is -2.13. The summed E-state index contributed by atoms with van der Waals surface area (Å²) in [4.78, 5) is 15.9. The molecule has 114 valence electrons. The highest BCUT2D eigenvalue weighted by Crippen LogP contribution is 2.22. The highest BCUT2D eigenvalue weighted by molar-refractivity contribution is 6.30. The van der Waals surface area contributed by atoms with Gasteiger partial charge in [0, 0.05) is 10.6 Å². The minimum Gasteiger partial charge on any atom is -0.489 e. The Hall–Kier alpha value is -2.66. The predicted octanol–water partition coefficient (Wildman–Crippen LogP) is 3.40. The third-order valence-electron chi connectivity index (χ3n) is 2.71. The number of carbonyl (C=O) groups is 1. The Morgan fingerprint density at radius 2 is 2.00 bits per heavy atom. The number of hydrogen-bond donors (Lipinski definition) is 2. The Labute approximate surface area is 132 Å². The molecule has 0 bridgehead atoms. The molecule has 0 amide bonds. The third-order valence-corrected chi connectivity index (χ3v) is 2.94. The number of halogens is 1. The molecule has 0 unspecified atom stereocenters. The number of carboxylic acids is 1. The van der Waals surface area contributed by atoms with Crippen molar-refractivity contribution in [2.45, 2.75) is 6.61 Å². The molecule has 0 saturated carbocycles. The summed E-state index contributed by atoms with van der Waals surface area (Å²) in [6, 6.07) is 14.1. The number of hydroxylamine groups is 1. The monoisotopic (exact) mass is 319 g/mol. The number of aliphatic carboxylic acids is 1. The van der Waals surface area contributed by atoms with Gasteiger partial charge >= 0.3 is 5.97 Å². The van der Waals surface area contributed by atoms with E-state index in [9.17, 15) is 4.79 Å². The molecule has 0 aromatic heterocycles. The molecule has 2 aromatic carbocycles. The van der Waals surface area contributed by atoms with Crippen molar-refractivity contribution in [1.82, 2.24) is 5.48 Å². The van der Waals surface area contributed by atoms with E-state index in [1.54, 1.807) is 36.4 Å². The molecule has 2 rings (SSSR count). The summed E-state index contributed by atoms with van der Waals surface area (Å²) in [5.41, 5.74) is 2.76. The van der Waals surface area contributed by atoms with Gasteiger partial charge < -0.3 is 14.7 Å². The maximum absolute atomic E-state index is 10.7. The van der Waals surface area contributed by atoms with Gasteiger partial charge in [0.15, 0.2) is 5.75 Å². The molecule has 0 spiro atoms. The number of carboxylic acid groups (broad SMARTS) is 1. The van der Waals surface area contributed by atoms with Gasteiger partial charge in [0.05, 0.1) is 0 Å². The highest BCUT2D eigenvalue weighted by Gasteiger charge is 2.08. The molecule has 2 aromatic rings. The van der Waals surface area contributed by atoms with Gasteiger partial charge in [-0.05, 0) is 24.3 Å². The van der Waals surface area contributed by atoms with Crippen LogP contribution in [0, 0.1) is 0 Å². The molecule has 0 aliphatic carbocycles. The van der Waals surface area contributed by atoms with Crippen LogP contribution >= 0.6 is 11.6 Å². The third kappa shape index (κ3) is 4.43. The second-order valence-corrected chi connectivity index (χ2v) is 4.78. The van der Waals surface area contributed by atoms with Crippen molar-refractivity contribution in [2.75, 3.05) is 0 Å². The number of hydrogen-bond acceptors (Lipinski definition) is 4. The Bertz CT molecular complexity index is 687. The van der Waals surface area contributed by atoms with Gasteiger partial charge in [0.25, 0.3) is 0 Å². The quantitative estimate of drug-likeness (QED) is 0.604. The Kier molecular flexibility index (Phi) is 5.27. The van der Waals surface area contributed by atoms with E-state index < -0.39 is 5.97 Å². The van der Waals surface area contributed by atoms with Crippen LogP contribution in [0.2, 0.25) is 5.02 Å². The molecule has 0 fully saturated rings. The lowest BCUT2D eigenvalue weighted by molar-refractivity contribution is -0.133. The topological polar surface area (TPSA) is 67.8 Å². The molecule has 0 aliphatic heterocycles. The van der Waals surface area contributed by atoms with Crippen LogP contribution < -0.4 is 15.1 Å². The summed E-state index contributed by atoms with van der Waals surface area (Å²) in [7, 11) is 0. The van der Waals surface area contributed by atoms with Crippen molar-refractivity contribution in [2.24, 2.45) is 0 Å². The van der Waals surface area contributed by atoms with E-state index in [0.717, 1.165) is 5.56 Å². The van der Waals surface area contributed by atoms with E-state index in [2.05, 4.69) is 12.1 Å². The Morgan fingerprint density at radius 3 is 2.73 bits per heavy atom. The van der Waals surface area contributed by atoms with Crippen LogP contribution in [0.5, 0.6) is 11.5 Å².